The predicted molar refractivity (Wildman–Crippen MR) is 121 cm³/mol. The molecular weight excluding hydrogens is 448 g/mol. The van der Waals surface area contributed by atoms with Gasteiger partial charge < -0.3 is 10.2 Å². The first kappa shape index (κ1) is 22.7. The van der Waals surface area contributed by atoms with E-state index in [1.807, 2.05) is 6.92 Å². The van der Waals surface area contributed by atoms with E-state index in [9.17, 15) is 16.8 Å². The SMILES string of the molecule is Cc1ccc(S(=O)(=O)N(Cl)c2ccc(N3CCCNCC3)cc2NS(C)(=O)=O)cc1. The Labute approximate surface area is 183 Å². The third-order valence-electron chi connectivity index (χ3n) is 4.70. The molecule has 1 aliphatic heterocycles. The van der Waals surface area contributed by atoms with Crippen LogP contribution < -0.4 is 18.8 Å². The molecule has 1 heterocycles. The normalized spacial score (nSPS) is 15.5. The van der Waals surface area contributed by atoms with Crippen LogP contribution in [0.4, 0.5) is 17.1 Å². The van der Waals surface area contributed by atoms with Crippen LogP contribution in [0.15, 0.2) is 47.4 Å². The van der Waals surface area contributed by atoms with Crippen molar-refractivity contribution in [3.63, 3.8) is 0 Å². The average molecular weight is 473 g/mol. The van der Waals surface area contributed by atoms with Crippen molar-refractivity contribution in [2.45, 2.75) is 18.2 Å². The molecule has 1 aliphatic rings. The number of sulfonamides is 2. The van der Waals surface area contributed by atoms with Gasteiger partial charge in [-0.2, -0.15) is 12.2 Å². The molecule has 0 bridgehead atoms. The molecule has 164 valence electrons. The lowest BCUT2D eigenvalue weighted by molar-refractivity contribution is 0.597. The van der Waals surface area contributed by atoms with Gasteiger partial charge in [0.1, 0.15) is 0 Å². The number of hydrogen-bond donors (Lipinski definition) is 2. The summed E-state index contributed by atoms with van der Waals surface area (Å²) in [5.74, 6) is 0. The van der Waals surface area contributed by atoms with Crippen LogP contribution in [-0.2, 0) is 20.0 Å². The number of benzene rings is 2. The Bertz CT molecular complexity index is 1100. The first-order chi connectivity index (χ1) is 14.1. The summed E-state index contributed by atoms with van der Waals surface area (Å²) in [4.78, 5) is 2.13. The molecule has 1 saturated heterocycles. The maximum absolute atomic E-state index is 13.0. The van der Waals surface area contributed by atoms with Crippen molar-refractivity contribution in [2.75, 3.05) is 45.9 Å². The van der Waals surface area contributed by atoms with Crippen molar-refractivity contribution in [3.8, 4) is 0 Å². The van der Waals surface area contributed by atoms with Crippen LogP contribution in [0.3, 0.4) is 0 Å². The van der Waals surface area contributed by atoms with Crippen molar-refractivity contribution in [2.24, 2.45) is 0 Å². The zero-order chi connectivity index (χ0) is 21.9. The second-order valence-corrected chi connectivity index (χ2v) is 11.3. The molecule has 3 rings (SSSR count). The van der Waals surface area contributed by atoms with Gasteiger partial charge >= 0.3 is 0 Å². The highest BCUT2D eigenvalue weighted by molar-refractivity contribution is 7.94. The molecule has 2 aromatic rings. The second-order valence-electron chi connectivity index (χ2n) is 7.20. The quantitative estimate of drug-likeness (QED) is 0.627. The predicted octanol–water partition coefficient (Wildman–Crippen LogP) is 2.52. The van der Waals surface area contributed by atoms with Crippen LogP contribution in [0.1, 0.15) is 12.0 Å². The maximum atomic E-state index is 13.0. The molecule has 2 aromatic carbocycles. The van der Waals surface area contributed by atoms with E-state index in [2.05, 4.69) is 14.9 Å². The van der Waals surface area contributed by atoms with Gasteiger partial charge in [-0.3, -0.25) is 4.72 Å². The Hall–Kier alpha value is -2.01. The highest BCUT2D eigenvalue weighted by Crippen LogP contribution is 2.36. The summed E-state index contributed by atoms with van der Waals surface area (Å²) in [5, 5.41) is 3.31. The number of aryl methyl sites for hydroxylation is 1. The number of rotatable bonds is 6. The van der Waals surface area contributed by atoms with E-state index in [1.165, 1.54) is 18.2 Å². The Balaban J connectivity index is 2.02. The third-order valence-corrected chi connectivity index (χ3v) is 7.50. The van der Waals surface area contributed by atoms with Gasteiger partial charge in [-0.25, -0.2) is 8.42 Å². The largest absolute Gasteiger partial charge is 0.370 e. The van der Waals surface area contributed by atoms with Crippen molar-refractivity contribution < 1.29 is 16.8 Å². The number of nitrogens with one attached hydrogen (secondary N) is 2. The zero-order valence-electron chi connectivity index (χ0n) is 16.8. The summed E-state index contributed by atoms with van der Waals surface area (Å²) in [6, 6.07) is 11.1. The smallest absolute Gasteiger partial charge is 0.278 e. The monoisotopic (exact) mass is 472 g/mol. The molecule has 0 aromatic heterocycles. The molecule has 0 amide bonds. The van der Waals surface area contributed by atoms with Gasteiger partial charge in [0.25, 0.3) is 10.0 Å². The molecule has 11 heteroatoms. The fourth-order valence-corrected chi connectivity index (χ4v) is 5.22. The molecule has 2 N–H and O–H groups in total. The molecule has 0 spiro atoms. The van der Waals surface area contributed by atoms with E-state index in [-0.39, 0.29) is 16.3 Å². The maximum Gasteiger partial charge on any atom is 0.278 e. The Morgan fingerprint density at radius 2 is 1.73 bits per heavy atom. The van der Waals surface area contributed by atoms with Crippen LogP contribution in [0.2, 0.25) is 0 Å². The van der Waals surface area contributed by atoms with E-state index in [0.717, 1.165) is 50.1 Å². The van der Waals surface area contributed by atoms with Gasteiger partial charge in [0.05, 0.1) is 22.5 Å². The first-order valence-electron chi connectivity index (χ1n) is 9.43. The van der Waals surface area contributed by atoms with E-state index < -0.39 is 20.0 Å². The van der Waals surface area contributed by atoms with Crippen LogP contribution in [0, 0.1) is 6.92 Å². The molecule has 0 saturated carbocycles. The minimum absolute atomic E-state index is 0.0103. The van der Waals surface area contributed by atoms with Gasteiger partial charge in [0.15, 0.2) is 0 Å². The third kappa shape index (κ3) is 5.37. The van der Waals surface area contributed by atoms with Crippen LogP contribution >= 0.6 is 11.8 Å². The van der Waals surface area contributed by atoms with Gasteiger partial charge in [0, 0.05) is 37.1 Å². The van der Waals surface area contributed by atoms with Crippen LogP contribution in [0.5, 0.6) is 0 Å². The van der Waals surface area contributed by atoms with Crippen molar-refractivity contribution in [1.82, 2.24) is 5.32 Å². The average Bonchev–Trinajstić information content (AvgIpc) is 2.96. The summed E-state index contributed by atoms with van der Waals surface area (Å²) < 4.78 is 52.8. The molecule has 1 fully saturated rings. The number of nitrogens with zero attached hydrogens (tertiary/aromatic N) is 2. The molecule has 30 heavy (non-hydrogen) atoms. The summed E-state index contributed by atoms with van der Waals surface area (Å²) in [6.45, 7) is 5.12. The van der Waals surface area contributed by atoms with E-state index in [0.29, 0.717) is 3.82 Å². The molecule has 8 nitrogen and oxygen atoms in total. The fraction of sp³-hybridized carbons (Fsp3) is 0.368. The lowest BCUT2D eigenvalue weighted by atomic mass is 10.2. The summed E-state index contributed by atoms with van der Waals surface area (Å²) in [6.07, 6.45) is 1.95. The Morgan fingerprint density at radius 1 is 1.03 bits per heavy atom. The summed E-state index contributed by atoms with van der Waals surface area (Å²) in [5.41, 5.74) is 1.81. The van der Waals surface area contributed by atoms with E-state index in [1.54, 1.807) is 24.3 Å². The minimum Gasteiger partial charge on any atom is -0.370 e. The van der Waals surface area contributed by atoms with Crippen LogP contribution in [0.25, 0.3) is 0 Å². The number of hydrogen-bond acceptors (Lipinski definition) is 6. The van der Waals surface area contributed by atoms with Crippen LogP contribution in [-0.4, -0.2) is 49.3 Å². The first-order valence-corrected chi connectivity index (χ1v) is 13.1. The molecule has 0 aliphatic carbocycles. The van der Waals surface area contributed by atoms with Gasteiger partial charge in [-0.15, -0.1) is 0 Å². The zero-order valence-corrected chi connectivity index (χ0v) is 19.2. The number of anilines is 3. The van der Waals surface area contributed by atoms with E-state index >= 15 is 0 Å². The Kier molecular flexibility index (Phi) is 6.81. The molecular formula is C19H25ClN4O4S2. The van der Waals surface area contributed by atoms with Gasteiger partial charge in [-0.1, -0.05) is 17.7 Å². The lowest BCUT2D eigenvalue weighted by Crippen LogP contribution is -2.28. The fourth-order valence-electron chi connectivity index (χ4n) is 3.19. The van der Waals surface area contributed by atoms with Gasteiger partial charge in [-0.05, 0) is 50.2 Å². The van der Waals surface area contributed by atoms with Crippen molar-refractivity contribution in [1.29, 1.82) is 0 Å². The highest BCUT2D eigenvalue weighted by atomic mass is 35.5. The van der Waals surface area contributed by atoms with Crippen molar-refractivity contribution >= 4 is 48.9 Å². The summed E-state index contributed by atoms with van der Waals surface area (Å²) >= 11 is 6.26. The minimum atomic E-state index is -4.09. The van der Waals surface area contributed by atoms with Crippen molar-refractivity contribution in [3.05, 3.63) is 48.0 Å². The molecule has 0 atom stereocenters. The van der Waals surface area contributed by atoms with Gasteiger partial charge in [0.2, 0.25) is 10.0 Å². The standard InChI is InChI=1S/C19H25ClN4O4S2/c1-15-4-7-17(8-5-15)30(27,28)24(20)19-9-6-16(14-18(19)22-29(2,25)26)23-12-3-10-21-11-13-23/h4-9,14,21-22H,3,10-13H2,1-2H3. The second kappa shape index (κ2) is 9.01. The summed E-state index contributed by atoms with van der Waals surface area (Å²) in [7, 11) is -7.75. The number of halogens is 1. The molecule has 0 unspecified atom stereocenters. The highest BCUT2D eigenvalue weighted by Gasteiger charge is 2.27. The lowest BCUT2D eigenvalue weighted by Gasteiger charge is -2.25. The van der Waals surface area contributed by atoms with E-state index in [4.69, 9.17) is 11.8 Å². The Morgan fingerprint density at radius 3 is 2.40 bits per heavy atom. The topological polar surface area (TPSA) is 98.8 Å². The molecule has 0 radical (unpaired) electrons.